The number of halogens is 4. The van der Waals surface area contributed by atoms with E-state index in [1.165, 1.54) is 0 Å². The van der Waals surface area contributed by atoms with Crippen LogP contribution < -0.4 is 5.32 Å². The third kappa shape index (κ3) is 6.71. The van der Waals surface area contributed by atoms with Crippen LogP contribution in [0.15, 0.2) is 21.1 Å². The number of phenols is 1. The number of aromatic hydroxyl groups is 1. The normalized spacial score (nSPS) is 16.6. The molecule has 0 unspecified atom stereocenters. The van der Waals surface area contributed by atoms with Crippen LogP contribution in [0.25, 0.3) is 0 Å². The molecule has 0 amide bonds. The Hall–Kier alpha value is 0.480. The first-order valence-electron chi connectivity index (χ1n) is 7.61. The summed E-state index contributed by atoms with van der Waals surface area (Å²) >= 11 is 7.01. The molecule has 1 aliphatic heterocycles. The van der Waals surface area contributed by atoms with Crippen molar-refractivity contribution < 1.29 is 5.11 Å². The van der Waals surface area contributed by atoms with Crippen LogP contribution in [0.2, 0.25) is 0 Å². The van der Waals surface area contributed by atoms with Crippen molar-refractivity contribution in [2.75, 3.05) is 26.2 Å². The van der Waals surface area contributed by atoms with Gasteiger partial charge < -0.3 is 10.4 Å². The molecule has 1 aliphatic rings. The van der Waals surface area contributed by atoms with E-state index in [4.69, 9.17) is 0 Å². The standard InChI is InChI=1S/C16H24Br2N2O.2ClH/c1-11(2)3-4-15(20-7-5-19-6-8-20)13-9-12(17)10-14(18)16(13)21;;/h9-11,15,19,21H,3-8H2,1-2H3;2*1H/t15-;;/m0../s1. The number of nitrogens with zero attached hydrogens (tertiary/aromatic N) is 1. The first kappa shape index (κ1) is 23.5. The van der Waals surface area contributed by atoms with E-state index in [1.807, 2.05) is 6.07 Å². The lowest BCUT2D eigenvalue weighted by Gasteiger charge is -2.36. The summed E-state index contributed by atoms with van der Waals surface area (Å²) in [6, 6.07) is 4.24. The second kappa shape index (κ2) is 11.2. The Labute approximate surface area is 168 Å². The highest BCUT2D eigenvalue weighted by Crippen LogP contribution is 2.39. The quantitative estimate of drug-likeness (QED) is 0.597. The Balaban J connectivity index is 0.00000242. The summed E-state index contributed by atoms with van der Waals surface area (Å²) in [5, 5.41) is 13.9. The molecule has 0 radical (unpaired) electrons. The Morgan fingerprint density at radius 1 is 1.13 bits per heavy atom. The zero-order chi connectivity index (χ0) is 15.4. The fourth-order valence-corrected chi connectivity index (χ4v) is 4.12. The van der Waals surface area contributed by atoms with E-state index in [9.17, 15) is 5.11 Å². The fourth-order valence-electron chi connectivity index (χ4n) is 2.86. The van der Waals surface area contributed by atoms with Crippen molar-refractivity contribution in [3.05, 3.63) is 26.6 Å². The van der Waals surface area contributed by atoms with E-state index < -0.39 is 0 Å². The summed E-state index contributed by atoms with van der Waals surface area (Å²) in [7, 11) is 0. The maximum absolute atomic E-state index is 10.5. The van der Waals surface area contributed by atoms with Gasteiger partial charge >= 0.3 is 0 Å². The minimum Gasteiger partial charge on any atom is -0.506 e. The van der Waals surface area contributed by atoms with E-state index in [2.05, 4.69) is 62.0 Å². The highest BCUT2D eigenvalue weighted by atomic mass is 79.9. The SMILES string of the molecule is CC(C)CC[C@@H](c1cc(Br)cc(Br)c1O)N1CCNCC1.Cl.Cl. The van der Waals surface area contributed by atoms with Gasteiger partial charge in [0.05, 0.1) is 4.47 Å². The molecule has 1 aromatic carbocycles. The summed E-state index contributed by atoms with van der Waals surface area (Å²) < 4.78 is 1.77. The van der Waals surface area contributed by atoms with Crippen molar-refractivity contribution >= 4 is 56.7 Å². The molecule has 2 rings (SSSR count). The van der Waals surface area contributed by atoms with Gasteiger partial charge in [0.25, 0.3) is 0 Å². The number of hydrogen-bond acceptors (Lipinski definition) is 3. The van der Waals surface area contributed by atoms with Gasteiger partial charge in [0.15, 0.2) is 0 Å². The zero-order valence-corrected chi connectivity index (χ0v) is 18.3. The summed E-state index contributed by atoms with van der Waals surface area (Å²) in [5.74, 6) is 1.05. The molecule has 1 fully saturated rings. The molecule has 3 nitrogen and oxygen atoms in total. The highest BCUT2D eigenvalue weighted by molar-refractivity contribution is 9.11. The fraction of sp³-hybridized carbons (Fsp3) is 0.625. The van der Waals surface area contributed by atoms with Crippen LogP contribution in [0.1, 0.15) is 38.3 Å². The van der Waals surface area contributed by atoms with Gasteiger partial charge in [0.1, 0.15) is 5.75 Å². The summed E-state index contributed by atoms with van der Waals surface area (Å²) in [6.45, 7) is 8.62. The first-order chi connectivity index (χ1) is 9.99. The number of piperazine rings is 1. The Morgan fingerprint density at radius 2 is 1.74 bits per heavy atom. The van der Waals surface area contributed by atoms with Gasteiger partial charge in [-0.05, 0) is 46.8 Å². The molecule has 0 bridgehead atoms. The van der Waals surface area contributed by atoms with Gasteiger partial charge in [-0.1, -0.05) is 29.8 Å². The maximum atomic E-state index is 10.5. The van der Waals surface area contributed by atoms with Crippen molar-refractivity contribution in [3.63, 3.8) is 0 Å². The molecule has 2 N–H and O–H groups in total. The summed E-state index contributed by atoms with van der Waals surface area (Å²) in [6.07, 6.45) is 2.24. The van der Waals surface area contributed by atoms with E-state index >= 15 is 0 Å². The Bertz CT molecular complexity index is 483. The predicted molar refractivity (Wildman–Crippen MR) is 109 cm³/mol. The monoisotopic (exact) mass is 490 g/mol. The molecule has 1 heterocycles. The molecule has 0 aromatic heterocycles. The Morgan fingerprint density at radius 3 is 2.30 bits per heavy atom. The maximum Gasteiger partial charge on any atom is 0.134 e. The molecule has 0 aliphatic carbocycles. The second-order valence-corrected chi connectivity index (χ2v) is 7.87. The van der Waals surface area contributed by atoms with Gasteiger partial charge in [-0.3, -0.25) is 4.90 Å². The van der Waals surface area contributed by atoms with E-state index in [0.29, 0.717) is 11.7 Å². The van der Waals surface area contributed by atoms with Crippen molar-refractivity contribution in [2.45, 2.75) is 32.7 Å². The summed E-state index contributed by atoms with van der Waals surface area (Å²) in [4.78, 5) is 2.49. The van der Waals surface area contributed by atoms with E-state index in [1.54, 1.807) is 0 Å². The van der Waals surface area contributed by atoms with Crippen LogP contribution in [0.5, 0.6) is 5.75 Å². The average Bonchev–Trinajstić information content (AvgIpc) is 2.45. The van der Waals surface area contributed by atoms with Crippen LogP contribution in [0.3, 0.4) is 0 Å². The van der Waals surface area contributed by atoms with E-state index in [0.717, 1.165) is 53.5 Å². The molecular weight excluding hydrogens is 467 g/mol. The lowest BCUT2D eigenvalue weighted by molar-refractivity contribution is 0.157. The van der Waals surface area contributed by atoms with Crippen molar-refractivity contribution in [1.29, 1.82) is 0 Å². The van der Waals surface area contributed by atoms with Crippen LogP contribution in [0.4, 0.5) is 0 Å². The lowest BCUT2D eigenvalue weighted by atomic mass is 9.95. The summed E-state index contributed by atoms with van der Waals surface area (Å²) in [5.41, 5.74) is 1.03. The van der Waals surface area contributed by atoms with Crippen LogP contribution >= 0.6 is 56.7 Å². The van der Waals surface area contributed by atoms with Gasteiger partial charge in [0.2, 0.25) is 0 Å². The largest absolute Gasteiger partial charge is 0.506 e. The highest BCUT2D eigenvalue weighted by Gasteiger charge is 2.25. The third-order valence-electron chi connectivity index (χ3n) is 4.03. The number of benzene rings is 1. The third-order valence-corrected chi connectivity index (χ3v) is 5.09. The lowest BCUT2D eigenvalue weighted by Crippen LogP contribution is -2.45. The zero-order valence-electron chi connectivity index (χ0n) is 13.5. The molecule has 0 saturated carbocycles. The number of hydrogen-bond donors (Lipinski definition) is 2. The van der Waals surface area contributed by atoms with Gasteiger partial charge in [-0.15, -0.1) is 24.8 Å². The molecule has 1 aromatic rings. The number of phenolic OH excluding ortho intramolecular Hbond substituents is 1. The smallest absolute Gasteiger partial charge is 0.134 e. The minimum atomic E-state index is 0. The topological polar surface area (TPSA) is 35.5 Å². The Kier molecular flexibility index (Phi) is 11.4. The van der Waals surface area contributed by atoms with Crippen LogP contribution in [-0.2, 0) is 0 Å². The van der Waals surface area contributed by atoms with Crippen molar-refractivity contribution in [1.82, 2.24) is 10.2 Å². The number of nitrogens with one attached hydrogen (secondary N) is 1. The second-order valence-electron chi connectivity index (χ2n) is 6.10. The number of rotatable bonds is 5. The molecule has 23 heavy (non-hydrogen) atoms. The van der Waals surface area contributed by atoms with Crippen LogP contribution in [0, 0.1) is 5.92 Å². The predicted octanol–water partition coefficient (Wildman–Crippen LogP) is 5.14. The minimum absolute atomic E-state index is 0. The molecule has 7 heteroatoms. The van der Waals surface area contributed by atoms with Crippen molar-refractivity contribution in [3.8, 4) is 5.75 Å². The van der Waals surface area contributed by atoms with Gasteiger partial charge in [-0.25, -0.2) is 0 Å². The van der Waals surface area contributed by atoms with Crippen LogP contribution in [-0.4, -0.2) is 36.2 Å². The molecular formula is C16H26Br2Cl2N2O. The molecule has 0 spiro atoms. The molecule has 134 valence electrons. The van der Waals surface area contributed by atoms with Gasteiger partial charge in [-0.2, -0.15) is 0 Å². The molecule has 1 atom stereocenters. The molecule has 1 saturated heterocycles. The average molecular weight is 493 g/mol. The van der Waals surface area contributed by atoms with E-state index in [-0.39, 0.29) is 30.9 Å². The first-order valence-corrected chi connectivity index (χ1v) is 9.20. The van der Waals surface area contributed by atoms with Crippen molar-refractivity contribution in [2.24, 2.45) is 5.92 Å². The van der Waals surface area contributed by atoms with Gasteiger partial charge in [0, 0.05) is 42.3 Å².